The number of piperazine rings is 1. The molecule has 26 heavy (non-hydrogen) atoms. The molecule has 2 atom stereocenters. The maximum Gasteiger partial charge on any atom is 0.226 e. The molecule has 136 valence electrons. The Morgan fingerprint density at radius 1 is 0.885 bits per heavy atom. The summed E-state index contributed by atoms with van der Waals surface area (Å²) in [5.74, 6) is 0.987. The highest BCUT2D eigenvalue weighted by Crippen LogP contribution is 2.48. The molecule has 0 aromatic heterocycles. The number of anilines is 1. The van der Waals surface area contributed by atoms with Crippen LogP contribution in [-0.4, -0.2) is 37.0 Å². The van der Waals surface area contributed by atoms with Gasteiger partial charge in [0.25, 0.3) is 0 Å². The van der Waals surface area contributed by atoms with Crippen LogP contribution in [0.4, 0.5) is 5.69 Å². The first-order valence-electron chi connectivity index (χ1n) is 9.70. The summed E-state index contributed by atoms with van der Waals surface area (Å²) in [6.07, 6.45) is 1.01. The van der Waals surface area contributed by atoms with Crippen LogP contribution in [-0.2, 0) is 4.79 Å². The molecule has 0 N–H and O–H groups in total. The Balaban J connectivity index is 1.36. The predicted molar refractivity (Wildman–Crippen MR) is 107 cm³/mol. The van der Waals surface area contributed by atoms with E-state index in [9.17, 15) is 4.79 Å². The molecule has 1 heterocycles. The minimum Gasteiger partial charge on any atom is -0.368 e. The van der Waals surface area contributed by atoms with Crippen molar-refractivity contribution < 1.29 is 4.79 Å². The van der Waals surface area contributed by atoms with E-state index in [1.807, 2.05) is 0 Å². The molecule has 3 heteroatoms. The fourth-order valence-corrected chi connectivity index (χ4v) is 4.11. The van der Waals surface area contributed by atoms with E-state index in [1.165, 1.54) is 27.9 Å². The summed E-state index contributed by atoms with van der Waals surface area (Å²) in [5, 5.41) is 0. The van der Waals surface area contributed by atoms with Gasteiger partial charge in [-0.15, -0.1) is 0 Å². The van der Waals surface area contributed by atoms with E-state index in [0.717, 1.165) is 32.6 Å². The van der Waals surface area contributed by atoms with Crippen molar-refractivity contribution in [3.05, 3.63) is 64.7 Å². The quantitative estimate of drug-likeness (QED) is 0.835. The Bertz CT molecular complexity index is 803. The summed E-state index contributed by atoms with van der Waals surface area (Å²) in [6, 6.07) is 15.3. The highest BCUT2D eigenvalue weighted by atomic mass is 16.2. The van der Waals surface area contributed by atoms with Crippen molar-refractivity contribution in [3.63, 3.8) is 0 Å². The summed E-state index contributed by atoms with van der Waals surface area (Å²) in [4.78, 5) is 17.4. The standard InChI is InChI=1S/C23H28N2O/c1-16-5-8-19(9-6-16)20-15-21(20)23(26)25-12-10-24(11-13-25)22-14-17(2)4-7-18(22)3/h4-9,14,20-21H,10-13,15H2,1-3H3/t20-,21?/m0/s1. The van der Waals surface area contributed by atoms with E-state index in [4.69, 9.17) is 0 Å². The second-order valence-corrected chi connectivity index (χ2v) is 7.96. The molecule has 1 saturated heterocycles. The van der Waals surface area contributed by atoms with Crippen molar-refractivity contribution in [3.8, 4) is 0 Å². The Labute approximate surface area is 156 Å². The molecule has 3 nitrogen and oxygen atoms in total. The van der Waals surface area contributed by atoms with E-state index < -0.39 is 0 Å². The number of rotatable bonds is 3. The lowest BCUT2D eigenvalue weighted by molar-refractivity contribution is -0.132. The Hall–Kier alpha value is -2.29. The molecule has 2 aliphatic rings. The van der Waals surface area contributed by atoms with Crippen LogP contribution in [0.2, 0.25) is 0 Å². The first kappa shape index (κ1) is 17.1. The maximum absolute atomic E-state index is 12.9. The zero-order valence-electron chi connectivity index (χ0n) is 16.0. The van der Waals surface area contributed by atoms with E-state index in [2.05, 4.69) is 73.0 Å². The third-order valence-corrected chi connectivity index (χ3v) is 5.91. The molecular formula is C23H28N2O. The summed E-state index contributed by atoms with van der Waals surface area (Å²) in [5.41, 5.74) is 6.53. The van der Waals surface area contributed by atoms with E-state index in [0.29, 0.717) is 11.8 Å². The van der Waals surface area contributed by atoms with Gasteiger partial charge in [0, 0.05) is 37.8 Å². The van der Waals surface area contributed by atoms with Crippen molar-refractivity contribution in [2.24, 2.45) is 5.92 Å². The van der Waals surface area contributed by atoms with E-state index >= 15 is 0 Å². The topological polar surface area (TPSA) is 23.6 Å². The lowest BCUT2D eigenvalue weighted by Crippen LogP contribution is -2.49. The van der Waals surface area contributed by atoms with Gasteiger partial charge in [0.1, 0.15) is 0 Å². The first-order chi connectivity index (χ1) is 12.5. The zero-order valence-corrected chi connectivity index (χ0v) is 16.0. The third-order valence-electron chi connectivity index (χ3n) is 5.91. The highest BCUT2D eigenvalue weighted by Gasteiger charge is 2.46. The monoisotopic (exact) mass is 348 g/mol. The fourth-order valence-electron chi connectivity index (χ4n) is 4.11. The molecule has 1 amide bonds. The van der Waals surface area contributed by atoms with Crippen LogP contribution in [0.15, 0.2) is 42.5 Å². The van der Waals surface area contributed by atoms with Crippen LogP contribution in [0, 0.1) is 26.7 Å². The van der Waals surface area contributed by atoms with Crippen molar-refractivity contribution in [2.45, 2.75) is 33.1 Å². The van der Waals surface area contributed by atoms with Crippen LogP contribution in [0.3, 0.4) is 0 Å². The van der Waals surface area contributed by atoms with Gasteiger partial charge in [0.05, 0.1) is 0 Å². The number of nitrogens with zero attached hydrogens (tertiary/aromatic N) is 2. The Kier molecular flexibility index (Phi) is 4.47. The summed E-state index contributed by atoms with van der Waals surface area (Å²) in [6.45, 7) is 9.95. The normalized spacial score (nSPS) is 22.4. The molecule has 1 saturated carbocycles. The minimum atomic E-state index is 0.199. The van der Waals surface area contributed by atoms with Gasteiger partial charge < -0.3 is 9.80 Å². The lowest BCUT2D eigenvalue weighted by Gasteiger charge is -2.37. The minimum absolute atomic E-state index is 0.199. The molecule has 0 radical (unpaired) electrons. The van der Waals surface area contributed by atoms with Crippen LogP contribution < -0.4 is 4.90 Å². The van der Waals surface area contributed by atoms with Crippen molar-refractivity contribution >= 4 is 11.6 Å². The number of carbonyl (C=O) groups excluding carboxylic acids is 1. The van der Waals surface area contributed by atoms with E-state index in [1.54, 1.807) is 0 Å². The van der Waals surface area contributed by atoms with Gasteiger partial charge in [-0.2, -0.15) is 0 Å². The van der Waals surface area contributed by atoms with Crippen LogP contribution in [0.25, 0.3) is 0 Å². The lowest BCUT2D eigenvalue weighted by atomic mass is 10.1. The maximum atomic E-state index is 12.9. The van der Waals surface area contributed by atoms with Gasteiger partial charge in [-0.05, 0) is 55.9 Å². The molecule has 1 aliphatic carbocycles. The SMILES string of the molecule is Cc1ccc([C@@H]2CC2C(=O)N2CCN(c3cc(C)ccc3C)CC2)cc1. The number of hydrogen-bond acceptors (Lipinski definition) is 2. The van der Waals surface area contributed by atoms with E-state index in [-0.39, 0.29) is 5.92 Å². The number of hydrogen-bond donors (Lipinski definition) is 0. The second-order valence-electron chi connectivity index (χ2n) is 7.96. The molecule has 1 aliphatic heterocycles. The third kappa shape index (κ3) is 3.35. The molecule has 2 fully saturated rings. The largest absolute Gasteiger partial charge is 0.368 e. The average molecular weight is 348 g/mol. The number of benzene rings is 2. The van der Waals surface area contributed by atoms with Crippen molar-refractivity contribution in [1.29, 1.82) is 0 Å². The average Bonchev–Trinajstić information content (AvgIpc) is 3.45. The Morgan fingerprint density at radius 2 is 1.54 bits per heavy atom. The van der Waals surface area contributed by atoms with Gasteiger partial charge in [0.15, 0.2) is 0 Å². The van der Waals surface area contributed by atoms with Crippen LogP contribution in [0.5, 0.6) is 0 Å². The van der Waals surface area contributed by atoms with Gasteiger partial charge in [-0.3, -0.25) is 4.79 Å². The van der Waals surface area contributed by atoms with Gasteiger partial charge >= 0.3 is 0 Å². The fraction of sp³-hybridized carbons (Fsp3) is 0.435. The molecule has 0 spiro atoms. The summed E-state index contributed by atoms with van der Waals surface area (Å²) in [7, 11) is 0. The molecule has 2 aromatic rings. The van der Waals surface area contributed by atoms with Crippen molar-refractivity contribution in [2.75, 3.05) is 31.1 Å². The molecule has 1 unspecified atom stereocenters. The number of amides is 1. The highest BCUT2D eigenvalue weighted by molar-refractivity contribution is 5.83. The second kappa shape index (κ2) is 6.79. The molecular weight excluding hydrogens is 320 g/mol. The predicted octanol–water partition coefficient (Wildman–Crippen LogP) is 4.06. The van der Waals surface area contributed by atoms with Crippen molar-refractivity contribution in [1.82, 2.24) is 4.90 Å². The smallest absolute Gasteiger partial charge is 0.226 e. The molecule has 0 bridgehead atoms. The summed E-state index contributed by atoms with van der Waals surface area (Å²) < 4.78 is 0. The van der Waals surface area contributed by atoms with Gasteiger partial charge in [-0.25, -0.2) is 0 Å². The van der Waals surface area contributed by atoms with Gasteiger partial charge in [0.2, 0.25) is 5.91 Å². The number of aryl methyl sites for hydroxylation is 3. The zero-order chi connectivity index (χ0) is 18.3. The first-order valence-corrected chi connectivity index (χ1v) is 9.70. The summed E-state index contributed by atoms with van der Waals surface area (Å²) >= 11 is 0. The molecule has 2 aromatic carbocycles. The number of carbonyl (C=O) groups is 1. The molecule has 4 rings (SSSR count). The van der Waals surface area contributed by atoms with Crippen LogP contribution in [0.1, 0.15) is 34.6 Å². The van der Waals surface area contributed by atoms with Gasteiger partial charge in [-0.1, -0.05) is 42.0 Å². The van der Waals surface area contributed by atoms with Crippen LogP contribution >= 0.6 is 0 Å². The Morgan fingerprint density at radius 3 is 2.23 bits per heavy atom.